The molecule has 0 amide bonds. The maximum atomic E-state index is 12.9. The van der Waals surface area contributed by atoms with E-state index in [1.165, 1.54) is 0 Å². The minimum absolute atomic E-state index is 0.122. The first kappa shape index (κ1) is 12.5. The zero-order valence-electron chi connectivity index (χ0n) is 8.73. The van der Waals surface area contributed by atoms with E-state index in [9.17, 15) is 9.42 Å². The number of halogens is 1. The molecule has 0 bridgehead atoms. The van der Waals surface area contributed by atoms with E-state index in [4.69, 9.17) is 15.2 Å². The van der Waals surface area contributed by atoms with Gasteiger partial charge in [0.15, 0.2) is 5.57 Å². The summed E-state index contributed by atoms with van der Waals surface area (Å²) in [4.78, 5) is 0. The van der Waals surface area contributed by atoms with Crippen LogP contribution >= 0.6 is 0 Å². The van der Waals surface area contributed by atoms with Crippen molar-refractivity contribution < 1.29 is 18.7 Å². The summed E-state index contributed by atoms with van der Waals surface area (Å²) in [6, 6.07) is 3.25. The summed E-state index contributed by atoms with van der Waals surface area (Å²) in [6.07, 6.45) is 0.373. The zero-order chi connectivity index (χ0) is 12.2. The summed E-state index contributed by atoms with van der Waals surface area (Å²) in [6.45, 7) is 1.23. The molecule has 1 atom stereocenters. The van der Waals surface area contributed by atoms with Crippen LogP contribution in [0.5, 0.6) is 0 Å². The van der Waals surface area contributed by atoms with Crippen LogP contribution in [0.15, 0.2) is 11.3 Å². The third-order valence-electron chi connectivity index (χ3n) is 2.61. The lowest BCUT2D eigenvalue weighted by Gasteiger charge is -2.37. The van der Waals surface area contributed by atoms with Crippen molar-refractivity contribution in [1.29, 1.82) is 10.5 Å². The molecule has 1 rings (SSSR count). The minimum Gasteiger partial charge on any atom is -0.509 e. The molecule has 0 aromatic heterocycles. The number of nitriles is 2. The Hall–Kier alpha value is -1.57. The number of nitrogens with zero attached hydrogens (tertiary/aromatic N) is 2. The highest BCUT2D eigenvalue weighted by molar-refractivity contribution is 6.36. The summed E-state index contributed by atoms with van der Waals surface area (Å²) in [5, 5.41) is 26.8. The summed E-state index contributed by atoms with van der Waals surface area (Å²) in [7, 11) is -2.00. The van der Waals surface area contributed by atoms with Crippen molar-refractivity contribution in [3.63, 3.8) is 0 Å². The van der Waals surface area contributed by atoms with Crippen molar-refractivity contribution in [1.82, 2.24) is 0 Å². The SMILES string of the molecule is CCC1(CO)COB(F)OC1=C(C#N)C#N. The van der Waals surface area contributed by atoms with Crippen LogP contribution in [0, 0.1) is 28.1 Å². The molecule has 0 radical (unpaired) electrons. The molecule has 1 aliphatic rings. The molecular formula is C9H10BFN2O3. The van der Waals surface area contributed by atoms with Gasteiger partial charge in [-0.15, -0.1) is 0 Å². The lowest BCUT2D eigenvalue weighted by Crippen LogP contribution is -2.43. The number of aliphatic hydroxyl groups is 1. The maximum Gasteiger partial charge on any atom is 0.754 e. The van der Waals surface area contributed by atoms with Crippen molar-refractivity contribution in [2.45, 2.75) is 13.3 Å². The molecule has 1 aliphatic heterocycles. The third-order valence-corrected chi connectivity index (χ3v) is 2.61. The van der Waals surface area contributed by atoms with Crippen LogP contribution in [-0.2, 0) is 9.31 Å². The van der Waals surface area contributed by atoms with E-state index in [1.54, 1.807) is 19.1 Å². The van der Waals surface area contributed by atoms with E-state index in [0.717, 1.165) is 0 Å². The largest absolute Gasteiger partial charge is 0.754 e. The second-order valence-corrected chi connectivity index (χ2v) is 3.42. The number of hydrogen-bond acceptors (Lipinski definition) is 5. The van der Waals surface area contributed by atoms with Crippen LogP contribution in [0.3, 0.4) is 0 Å². The van der Waals surface area contributed by atoms with Crippen LogP contribution in [0.4, 0.5) is 4.32 Å². The zero-order valence-corrected chi connectivity index (χ0v) is 8.73. The third kappa shape index (κ3) is 2.01. The Balaban J connectivity index is 3.24. The van der Waals surface area contributed by atoms with Crippen LogP contribution < -0.4 is 0 Å². The number of allylic oxidation sites excluding steroid dienone is 1. The predicted octanol–water partition coefficient (Wildman–Crippen LogP) is 0.678. The molecule has 1 saturated heterocycles. The van der Waals surface area contributed by atoms with Gasteiger partial charge in [-0.25, -0.2) is 4.32 Å². The first-order valence-corrected chi connectivity index (χ1v) is 4.71. The lowest BCUT2D eigenvalue weighted by atomic mass is 9.80. The molecule has 1 unspecified atom stereocenters. The molecule has 1 N–H and O–H groups in total. The van der Waals surface area contributed by atoms with Gasteiger partial charge in [0.25, 0.3) is 0 Å². The fraction of sp³-hybridized carbons (Fsp3) is 0.556. The van der Waals surface area contributed by atoms with Crippen molar-refractivity contribution >= 4 is 7.40 Å². The van der Waals surface area contributed by atoms with Crippen molar-refractivity contribution in [2.24, 2.45) is 5.41 Å². The van der Waals surface area contributed by atoms with E-state index in [1.807, 2.05) is 0 Å². The highest BCUT2D eigenvalue weighted by Gasteiger charge is 2.45. The van der Waals surface area contributed by atoms with Gasteiger partial charge >= 0.3 is 7.40 Å². The minimum atomic E-state index is -2.00. The molecule has 1 heterocycles. The van der Waals surface area contributed by atoms with E-state index in [-0.39, 0.29) is 24.5 Å². The smallest absolute Gasteiger partial charge is 0.509 e. The fourth-order valence-corrected chi connectivity index (χ4v) is 1.48. The van der Waals surface area contributed by atoms with Crippen LogP contribution in [0.25, 0.3) is 0 Å². The topological polar surface area (TPSA) is 86.3 Å². The van der Waals surface area contributed by atoms with Gasteiger partial charge in [-0.1, -0.05) is 6.92 Å². The van der Waals surface area contributed by atoms with Crippen LogP contribution in [0.2, 0.25) is 0 Å². The molecule has 0 saturated carbocycles. The van der Waals surface area contributed by atoms with Crippen LogP contribution in [-0.4, -0.2) is 25.7 Å². The van der Waals surface area contributed by atoms with Crippen LogP contribution in [0.1, 0.15) is 13.3 Å². The monoisotopic (exact) mass is 224 g/mol. The lowest BCUT2D eigenvalue weighted by molar-refractivity contribution is 0.000155. The van der Waals surface area contributed by atoms with Gasteiger partial charge in [0, 0.05) is 0 Å². The Labute approximate surface area is 92.9 Å². The normalized spacial score (nSPS) is 24.3. The fourth-order valence-electron chi connectivity index (χ4n) is 1.48. The van der Waals surface area contributed by atoms with Crippen molar-refractivity contribution in [3.8, 4) is 12.1 Å². The molecule has 1 fully saturated rings. The summed E-state index contributed by atoms with van der Waals surface area (Å²) in [5.74, 6) is -0.124. The van der Waals surface area contributed by atoms with Gasteiger partial charge in [0.1, 0.15) is 17.9 Å². The molecule has 5 nitrogen and oxygen atoms in total. The summed E-state index contributed by atoms with van der Waals surface area (Å²) >= 11 is 0. The molecule has 0 spiro atoms. The Morgan fingerprint density at radius 1 is 1.62 bits per heavy atom. The van der Waals surface area contributed by atoms with Gasteiger partial charge in [-0.2, -0.15) is 10.5 Å². The Kier molecular flexibility index (Phi) is 3.89. The number of rotatable bonds is 2. The molecular weight excluding hydrogens is 214 g/mol. The Morgan fingerprint density at radius 2 is 2.25 bits per heavy atom. The first-order chi connectivity index (χ1) is 7.63. The van der Waals surface area contributed by atoms with E-state index < -0.39 is 12.8 Å². The van der Waals surface area contributed by atoms with Gasteiger partial charge in [0.05, 0.1) is 18.6 Å². The van der Waals surface area contributed by atoms with Crippen molar-refractivity contribution in [3.05, 3.63) is 11.3 Å². The van der Waals surface area contributed by atoms with E-state index in [0.29, 0.717) is 6.42 Å². The highest BCUT2D eigenvalue weighted by Crippen LogP contribution is 2.38. The van der Waals surface area contributed by atoms with E-state index >= 15 is 0 Å². The molecule has 0 aromatic rings. The van der Waals surface area contributed by atoms with Gasteiger partial charge in [0.2, 0.25) is 0 Å². The van der Waals surface area contributed by atoms with Gasteiger partial charge in [-0.3, -0.25) is 0 Å². The van der Waals surface area contributed by atoms with Gasteiger partial charge < -0.3 is 14.4 Å². The average molecular weight is 224 g/mol. The van der Waals surface area contributed by atoms with Crippen molar-refractivity contribution in [2.75, 3.05) is 13.2 Å². The number of hydrogen-bond donors (Lipinski definition) is 1. The molecule has 7 heteroatoms. The number of aliphatic hydroxyl groups excluding tert-OH is 1. The second-order valence-electron chi connectivity index (χ2n) is 3.42. The second kappa shape index (κ2) is 4.97. The summed E-state index contributed by atoms with van der Waals surface area (Å²) < 4.78 is 22.3. The maximum absolute atomic E-state index is 12.9. The standard InChI is InChI=1S/C9H10BFN2O3/c1-2-9(5-14)6-15-10(11)16-8(9)7(3-12)4-13/h14H,2,5-6H2,1H3. The molecule has 0 aromatic carbocycles. The van der Waals surface area contributed by atoms with E-state index in [2.05, 4.69) is 4.65 Å². The van der Waals surface area contributed by atoms with Gasteiger partial charge in [-0.05, 0) is 6.42 Å². The Morgan fingerprint density at radius 3 is 2.69 bits per heavy atom. The highest BCUT2D eigenvalue weighted by atomic mass is 19.1. The quantitative estimate of drug-likeness (QED) is 0.550. The first-order valence-electron chi connectivity index (χ1n) is 4.71. The average Bonchev–Trinajstić information content (AvgIpc) is 2.32. The predicted molar refractivity (Wildman–Crippen MR) is 52.0 cm³/mol. The Bertz CT molecular complexity index is 365. The molecule has 16 heavy (non-hydrogen) atoms. The summed E-state index contributed by atoms with van der Waals surface area (Å²) in [5.41, 5.74) is -1.34. The molecule has 0 aliphatic carbocycles. The molecule has 84 valence electrons.